The van der Waals surface area contributed by atoms with Crippen molar-refractivity contribution in [3.05, 3.63) is 35.9 Å². The molecule has 1 saturated heterocycles. The zero-order valence-electron chi connectivity index (χ0n) is 12.9. The average molecular weight is 290 g/mol. The molecule has 1 fully saturated rings. The summed E-state index contributed by atoms with van der Waals surface area (Å²) in [4.78, 5) is 14.3. The second kappa shape index (κ2) is 8.80. The van der Waals surface area contributed by atoms with E-state index in [0.29, 0.717) is 12.6 Å². The van der Waals surface area contributed by atoms with Gasteiger partial charge in [0.05, 0.1) is 6.61 Å². The van der Waals surface area contributed by atoms with E-state index in [1.54, 1.807) is 0 Å². The van der Waals surface area contributed by atoms with Crippen molar-refractivity contribution in [1.82, 2.24) is 10.2 Å². The van der Waals surface area contributed by atoms with Gasteiger partial charge in [-0.2, -0.15) is 0 Å². The lowest BCUT2D eigenvalue weighted by Gasteiger charge is -2.28. The SMILES string of the molecule is CCCN(C(=O)COCCc1ccccc1)C1CCNC1. The van der Waals surface area contributed by atoms with E-state index in [0.717, 1.165) is 38.9 Å². The van der Waals surface area contributed by atoms with Crippen molar-refractivity contribution < 1.29 is 9.53 Å². The molecule has 4 heteroatoms. The molecule has 2 rings (SSSR count). The fourth-order valence-corrected chi connectivity index (χ4v) is 2.73. The van der Waals surface area contributed by atoms with Crippen molar-refractivity contribution in [1.29, 1.82) is 0 Å². The van der Waals surface area contributed by atoms with Crippen molar-refractivity contribution >= 4 is 5.91 Å². The van der Waals surface area contributed by atoms with Crippen molar-refractivity contribution in [3.63, 3.8) is 0 Å². The molecule has 0 aromatic heterocycles. The fourth-order valence-electron chi connectivity index (χ4n) is 2.73. The maximum Gasteiger partial charge on any atom is 0.248 e. The molecule has 0 saturated carbocycles. The van der Waals surface area contributed by atoms with Crippen molar-refractivity contribution in [2.75, 3.05) is 32.8 Å². The van der Waals surface area contributed by atoms with E-state index in [9.17, 15) is 4.79 Å². The van der Waals surface area contributed by atoms with Crippen LogP contribution in [0.3, 0.4) is 0 Å². The van der Waals surface area contributed by atoms with Crippen LogP contribution in [0.1, 0.15) is 25.3 Å². The highest BCUT2D eigenvalue weighted by Gasteiger charge is 2.25. The first-order chi connectivity index (χ1) is 10.3. The summed E-state index contributed by atoms with van der Waals surface area (Å²) in [5.74, 6) is 0.124. The Morgan fingerprint density at radius 3 is 2.86 bits per heavy atom. The molecule has 0 bridgehead atoms. The largest absolute Gasteiger partial charge is 0.371 e. The molecule has 0 spiro atoms. The highest BCUT2D eigenvalue weighted by molar-refractivity contribution is 5.77. The van der Waals surface area contributed by atoms with Gasteiger partial charge in [-0.25, -0.2) is 0 Å². The number of carbonyl (C=O) groups excluding carboxylic acids is 1. The van der Waals surface area contributed by atoms with Crippen molar-refractivity contribution in [2.24, 2.45) is 0 Å². The predicted molar refractivity (Wildman–Crippen MR) is 84.2 cm³/mol. The van der Waals surface area contributed by atoms with Crippen LogP contribution in [-0.2, 0) is 16.0 Å². The van der Waals surface area contributed by atoms with Crippen LogP contribution < -0.4 is 5.32 Å². The molecule has 1 amide bonds. The van der Waals surface area contributed by atoms with E-state index in [1.165, 1.54) is 5.56 Å². The van der Waals surface area contributed by atoms with Gasteiger partial charge in [-0.05, 0) is 31.4 Å². The maximum atomic E-state index is 12.3. The van der Waals surface area contributed by atoms with Crippen LogP contribution in [-0.4, -0.2) is 49.7 Å². The summed E-state index contributed by atoms with van der Waals surface area (Å²) in [5, 5.41) is 3.32. The van der Waals surface area contributed by atoms with Crippen LogP contribution >= 0.6 is 0 Å². The molecular formula is C17H26N2O2. The van der Waals surface area contributed by atoms with Gasteiger partial charge in [0, 0.05) is 19.1 Å². The number of hydrogen-bond donors (Lipinski definition) is 1. The summed E-state index contributed by atoms with van der Waals surface area (Å²) in [6, 6.07) is 10.6. The zero-order valence-corrected chi connectivity index (χ0v) is 12.9. The number of ether oxygens (including phenoxy) is 1. The van der Waals surface area contributed by atoms with Gasteiger partial charge in [0.15, 0.2) is 0 Å². The van der Waals surface area contributed by atoms with Crippen molar-refractivity contribution in [3.8, 4) is 0 Å². The second-order valence-corrected chi connectivity index (χ2v) is 5.52. The Hall–Kier alpha value is -1.39. The van der Waals surface area contributed by atoms with Gasteiger partial charge in [-0.15, -0.1) is 0 Å². The lowest BCUT2D eigenvalue weighted by atomic mass is 10.2. The number of rotatable bonds is 8. The summed E-state index contributed by atoms with van der Waals surface area (Å²) in [5.41, 5.74) is 1.25. The number of benzene rings is 1. The minimum Gasteiger partial charge on any atom is -0.371 e. The normalized spacial score (nSPS) is 17.9. The van der Waals surface area contributed by atoms with E-state index < -0.39 is 0 Å². The van der Waals surface area contributed by atoms with E-state index >= 15 is 0 Å². The third-order valence-corrected chi connectivity index (χ3v) is 3.86. The lowest BCUT2D eigenvalue weighted by molar-refractivity contribution is -0.138. The molecule has 1 unspecified atom stereocenters. The van der Waals surface area contributed by atoms with Gasteiger partial charge in [0.25, 0.3) is 0 Å². The third-order valence-electron chi connectivity index (χ3n) is 3.86. The first-order valence-electron chi connectivity index (χ1n) is 7.93. The fraction of sp³-hybridized carbons (Fsp3) is 0.588. The third kappa shape index (κ3) is 5.14. The van der Waals surface area contributed by atoms with Crippen LogP contribution in [0.15, 0.2) is 30.3 Å². The summed E-state index contributed by atoms with van der Waals surface area (Å²) < 4.78 is 5.57. The van der Waals surface area contributed by atoms with Crippen LogP contribution in [0.4, 0.5) is 0 Å². The predicted octanol–water partition coefficient (Wildman–Crippen LogP) is 1.85. The molecule has 1 aliphatic rings. The van der Waals surface area contributed by atoms with Gasteiger partial charge in [0.1, 0.15) is 6.61 Å². The molecule has 1 aliphatic heterocycles. The number of amides is 1. The van der Waals surface area contributed by atoms with Crippen molar-refractivity contribution in [2.45, 2.75) is 32.2 Å². The van der Waals surface area contributed by atoms with Crippen LogP contribution in [0.2, 0.25) is 0 Å². The van der Waals surface area contributed by atoms with Gasteiger partial charge in [0.2, 0.25) is 5.91 Å². The zero-order chi connectivity index (χ0) is 14.9. The smallest absolute Gasteiger partial charge is 0.248 e. The second-order valence-electron chi connectivity index (χ2n) is 5.52. The Bertz CT molecular complexity index is 416. The molecule has 21 heavy (non-hydrogen) atoms. The van der Waals surface area contributed by atoms with Gasteiger partial charge < -0.3 is 15.0 Å². The van der Waals surface area contributed by atoms with E-state index in [1.807, 2.05) is 23.1 Å². The molecule has 1 atom stereocenters. The number of carbonyl (C=O) groups is 1. The molecule has 1 aromatic carbocycles. The average Bonchev–Trinajstić information content (AvgIpc) is 3.04. The Labute approximate surface area is 127 Å². The number of nitrogens with one attached hydrogen (secondary N) is 1. The molecule has 1 N–H and O–H groups in total. The molecule has 0 radical (unpaired) electrons. The molecule has 116 valence electrons. The highest BCUT2D eigenvalue weighted by Crippen LogP contribution is 2.10. The first-order valence-corrected chi connectivity index (χ1v) is 7.93. The minimum absolute atomic E-state index is 0.124. The Kier molecular flexibility index (Phi) is 6.70. The van der Waals surface area contributed by atoms with Crippen LogP contribution in [0.5, 0.6) is 0 Å². The molecule has 1 heterocycles. The summed E-state index contributed by atoms with van der Waals surface area (Å²) in [7, 11) is 0. The van der Waals surface area contributed by atoms with Crippen LogP contribution in [0, 0.1) is 0 Å². The summed E-state index contributed by atoms with van der Waals surface area (Å²) in [6.07, 6.45) is 2.90. The minimum atomic E-state index is 0.124. The lowest BCUT2D eigenvalue weighted by Crippen LogP contribution is -2.43. The highest BCUT2D eigenvalue weighted by atomic mass is 16.5. The Morgan fingerprint density at radius 1 is 1.38 bits per heavy atom. The number of hydrogen-bond acceptors (Lipinski definition) is 3. The van der Waals surface area contributed by atoms with Crippen LogP contribution in [0.25, 0.3) is 0 Å². The van der Waals surface area contributed by atoms with Gasteiger partial charge >= 0.3 is 0 Å². The standard InChI is InChI=1S/C17H26N2O2/c1-2-11-19(16-8-10-18-13-16)17(20)14-21-12-9-15-6-4-3-5-7-15/h3-7,16,18H,2,8-14H2,1H3. The topological polar surface area (TPSA) is 41.6 Å². The summed E-state index contributed by atoms with van der Waals surface area (Å²) >= 11 is 0. The maximum absolute atomic E-state index is 12.3. The first kappa shape index (κ1) is 16.0. The molecule has 1 aromatic rings. The van der Waals surface area contributed by atoms with Gasteiger partial charge in [-0.3, -0.25) is 4.79 Å². The summed E-state index contributed by atoms with van der Waals surface area (Å²) in [6.45, 7) is 5.65. The van der Waals surface area contributed by atoms with E-state index in [-0.39, 0.29) is 12.5 Å². The Balaban J connectivity index is 1.71. The van der Waals surface area contributed by atoms with Gasteiger partial charge in [-0.1, -0.05) is 37.3 Å². The van der Waals surface area contributed by atoms with E-state index in [4.69, 9.17) is 4.74 Å². The number of nitrogens with zero attached hydrogens (tertiary/aromatic N) is 1. The quantitative estimate of drug-likeness (QED) is 0.743. The van der Waals surface area contributed by atoms with E-state index in [2.05, 4.69) is 24.4 Å². The molecule has 4 nitrogen and oxygen atoms in total. The molecule has 0 aliphatic carbocycles. The monoisotopic (exact) mass is 290 g/mol. The Morgan fingerprint density at radius 2 is 2.19 bits per heavy atom. The molecular weight excluding hydrogens is 264 g/mol.